The second-order valence-corrected chi connectivity index (χ2v) is 9.16. The van der Waals surface area contributed by atoms with Gasteiger partial charge in [-0.3, -0.25) is 9.59 Å². The number of morpholine rings is 1. The molecule has 1 aromatic heterocycles. The van der Waals surface area contributed by atoms with Crippen molar-refractivity contribution in [3.05, 3.63) is 44.6 Å². The van der Waals surface area contributed by atoms with E-state index in [1.165, 1.54) is 10.4 Å². The molecule has 29 heavy (non-hydrogen) atoms. The van der Waals surface area contributed by atoms with Crippen LogP contribution in [0.25, 0.3) is 0 Å². The van der Waals surface area contributed by atoms with Crippen molar-refractivity contribution < 1.29 is 14.3 Å². The van der Waals surface area contributed by atoms with Gasteiger partial charge < -0.3 is 19.9 Å². The van der Waals surface area contributed by atoms with Gasteiger partial charge in [0.05, 0.1) is 24.6 Å². The summed E-state index contributed by atoms with van der Waals surface area (Å²) in [5.74, 6) is -0.0983. The molecule has 154 valence electrons. The van der Waals surface area contributed by atoms with E-state index in [-0.39, 0.29) is 24.7 Å². The van der Waals surface area contributed by atoms with Crippen molar-refractivity contribution in [1.82, 2.24) is 4.90 Å². The lowest BCUT2D eigenvalue weighted by Gasteiger charge is -2.30. The number of amides is 2. The van der Waals surface area contributed by atoms with E-state index >= 15 is 0 Å². The van der Waals surface area contributed by atoms with E-state index in [4.69, 9.17) is 4.74 Å². The molecule has 0 atom stereocenters. The Morgan fingerprint density at radius 2 is 1.97 bits per heavy atom. The van der Waals surface area contributed by atoms with Gasteiger partial charge in [-0.2, -0.15) is 0 Å². The summed E-state index contributed by atoms with van der Waals surface area (Å²) >= 11 is 5.24. The summed E-state index contributed by atoms with van der Waals surface area (Å²) < 4.78 is 6.33. The number of nitrogens with one attached hydrogen (secondary N) is 1. The van der Waals surface area contributed by atoms with Crippen LogP contribution in [0, 0.1) is 0 Å². The van der Waals surface area contributed by atoms with E-state index in [1.807, 2.05) is 23.1 Å². The number of rotatable bonds is 5. The summed E-state index contributed by atoms with van der Waals surface area (Å²) in [6.07, 6.45) is 1.32. The molecule has 8 heteroatoms. The van der Waals surface area contributed by atoms with Crippen molar-refractivity contribution in [1.29, 1.82) is 0 Å². The molecule has 0 unspecified atom stereocenters. The predicted octanol–water partition coefficient (Wildman–Crippen LogP) is 3.65. The summed E-state index contributed by atoms with van der Waals surface area (Å²) in [7, 11) is 0. The third-order valence-electron chi connectivity index (χ3n) is 5.31. The van der Waals surface area contributed by atoms with Crippen molar-refractivity contribution in [3.63, 3.8) is 0 Å². The van der Waals surface area contributed by atoms with Gasteiger partial charge in [0.2, 0.25) is 11.8 Å². The molecule has 2 aliphatic heterocycles. The summed E-state index contributed by atoms with van der Waals surface area (Å²) in [4.78, 5) is 30.6. The average molecular weight is 478 g/mol. The first-order chi connectivity index (χ1) is 14.1. The quantitative estimate of drug-likeness (QED) is 0.713. The van der Waals surface area contributed by atoms with Crippen molar-refractivity contribution in [2.75, 3.05) is 43.1 Å². The van der Waals surface area contributed by atoms with Gasteiger partial charge in [-0.15, -0.1) is 11.3 Å². The Morgan fingerprint density at radius 1 is 1.14 bits per heavy atom. The minimum atomic E-state index is -0.140. The van der Waals surface area contributed by atoms with Gasteiger partial charge in [0, 0.05) is 48.4 Å². The van der Waals surface area contributed by atoms with Crippen molar-refractivity contribution in [2.24, 2.45) is 0 Å². The number of carbonyl (C=O) groups excluding carboxylic acids is 2. The maximum absolute atomic E-state index is 12.6. The maximum Gasteiger partial charge on any atom is 0.224 e. The first-order valence-corrected chi connectivity index (χ1v) is 11.5. The van der Waals surface area contributed by atoms with Gasteiger partial charge in [0.15, 0.2) is 0 Å². The molecule has 0 saturated carbocycles. The van der Waals surface area contributed by atoms with Gasteiger partial charge in [0.25, 0.3) is 0 Å². The van der Waals surface area contributed by atoms with E-state index in [1.54, 1.807) is 11.3 Å². The third-order valence-corrected chi connectivity index (χ3v) is 6.83. The van der Waals surface area contributed by atoms with Crippen LogP contribution in [-0.2, 0) is 27.3 Å². The monoisotopic (exact) mass is 477 g/mol. The van der Waals surface area contributed by atoms with Crippen molar-refractivity contribution in [2.45, 2.75) is 25.8 Å². The van der Waals surface area contributed by atoms with Crippen LogP contribution in [0.5, 0.6) is 0 Å². The maximum atomic E-state index is 12.6. The second kappa shape index (κ2) is 9.28. The zero-order valence-corrected chi connectivity index (χ0v) is 18.6. The van der Waals surface area contributed by atoms with E-state index < -0.39 is 0 Å². The number of carbonyl (C=O) groups is 2. The summed E-state index contributed by atoms with van der Waals surface area (Å²) in [6, 6.07) is 7.97. The van der Waals surface area contributed by atoms with Crippen LogP contribution in [0.15, 0.2) is 34.1 Å². The lowest BCUT2D eigenvalue weighted by Crippen LogP contribution is -2.37. The summed E-state index contributed by atoms with van der Waals surface area (Å²) in [5, 5.41) is 5.08. The van der Waals surface area contributed by atoms with Gasteiger partial charge in [-0.25, -0.2) is 0 Å². The lowest BCUT2D eigenvalue weighted by molar-refractivity contribution is -0.133. The molecule has 1 aromatic carbocycles. The largest absolute Gasteiger partial charge is 0.378 e. The van der Waals surface area contributed by atoms with Crippen LogP contribution in [0.2, 0.25) is 0 Å². The van der Waals surface area contributed by atoms with Gasteiger partial charge in [0.1, 0.15) is 0 Å². The Labute approximate surface area is 183 Å². The topological polar surface area (TPSA) is 61.9 Å². The molecule has 0 radical (unpaired) electrons. The molecular formula is C21H24BrN3O3S. The van der Waals surface area contributed by atoms with Crippen LogP contribution >= 0.6 is 27.3 Å². The highest BCUT2D eigenvalue weighted by molar-refractivity contribution is 9.10. The number of fused-ring (bicyclic) bond motifs is 1. The Morgan fingerprint density at radius 3 is 2.79 bits per heavy atom. The smallest absolute Gasteiger partial charge is 0.224 e. The van der Waals surface area contributed by atoms with Gasteiger partial charge in [-0.05, 0) is 41.6 Å². The third kappa shape index (κ3) is 4.99. The number of anilines is 2. The van der Waals surface area contributed by atoms with Crippen LogP contribution in [-0.4, -0.2) is 49.6 Å². The van der Waals surface area contributed by atoms with Crippen LogP contribution < -0.4 is 10.2 Å². The zero-order valence-electron chi connectivity index (χ0n) is 16.2. The average Bonchev–Trinajstić information content (AvgIpc) is 3.20. The number of nitrogens with zero attached hydrogens (tertiary/aromatic N) is 2. The highest BCUT2D eigenvalue weighted by Gasteiger charge is 2.22. The molecule has 2 aromatic rings. The van der Waals surface area contributed by atoms with Crippen LogP contribution in [0.3, 0.4) is 0 Å². The van der Waals surface area contributed by atoms with Crippen molar-refractivity contribution in [3.8, 4) is 0 Å². The second-order valence-electron chi connectivity index (χ2n) is 7.24. The fraction of sp³-hybridized carbons (Fsp3) is 0.429. The molecule has 3 heterocycles. The molecule has 1 saturated heterocycles. The number of hydrogen-bond donors (Lipinski definition) is 1. The fourth-order valence-electron chi connectivity index (χ4n) is 3.74. The standard InChI is InChI=1S/C21H24BrN3O3S/c22-16-1-2-18(24-8-10-28-11-9-24)17(13-16)23-20(26)3-4-21(27)25-7-5-19-15(14-25)6-12-29-19/h1-2,6,12-13H,3-5,7-11,14H2,(H,23,26). The predicted molar refractivity (Wildman–Crippen MR) is 118 cm³/mol. The van der Waals surface area contributed by atoms with E-state index in [2.05, 4.69) is 37.6 Å². The zero-order chi connectivity index (χ0) is 20.2. The highest BCUT2D eigenvalue weighted by atomic mass is 79.9. The minimum Gasteiger partial charge on any atom is -0.378 e. The molecule has 0 spiro atoms. The first kappa shape index (κ1) is 20.4. The lowest BCUT2D eigenvalue weighted by atomic mass is 10.1. The molecule has 4 rings (SSSR count). The first-order valence-electron chi connectivity index (χ1n) is 9.85. The Balaban J connectivity index is 1.34. The molecule has 0 bridgehead atoms. The fourth-order valence-corrected chi connectivity index (χ4v) is 4.99. The molecule has 2 amide bonds. The number of thiophene rings is 1. The molecule has 6 nitrogen and oxygen atoms in total. The minimum absolute atomic E-state index is 0.0413. The van der Waals surface area contributed by atoms with Gasteiger partial charge in [-0.1, -0.05) is 15.9 Å². The summed E-state index contributed by atoms with van der Waals surface area (Å²) in [5.41, 5.74) is 2.99. The SMILES string of the molecule is O=C(CCC(=O)N1CCc2sccc2C1)Nc1cc(Br)ccc1N1CCOCC1. The highest BCUT2D eigenvalue weighted by Crippen LogP contribution is 2.30. The number of halogens is 1. The van der Waals surface area contributed by atoms with Gasteiger partial charge >= 0.3 is 0 Å². The van der Waals surface area contributed by atoms with E-state index in [0.29, 0.717) is 19.8 Å². The Bertz CT molecular complexity index is 895. The number of benzene rings is 1. The molecule has 1 N–H and O–H groups in total. The van der Waals surface area contributed by atoms with E-state index in [0.717, 1.165) is 41.9 Å². The molecule has 0 aliphatic carbocycles. The number of ether oxygens (including phenoxy) is 1. The summed E-state index contributed by atoms with van der Waals surface area (Å²) in [6.45, 7) is 4.34. The van der Waals surface area contributed by atoms with Crippen LogP contribution in [0.1, 0.15) is 23.3 Å². The normalized spacial score (nSPS) is 16.4. The number of hydrogen-bond acceptors (Lipinski definition) is 5. The van der Waals surface area contributed by atoms with E-state index in [9.17, 15) is 9.59 Å². The molecular weight excluding hydrogens is 454 g/mol. The van der Waals surface area contributed by atoms with Crippen molar-refractivity contribution >= 4 is 50.5 Å². The Kier molecular flexibility index (Phi) is 6.52. The van der Waals surface area contributed by atoms with Crippen LogP contribution in [0.4, 0.5) is 11.4 Å². The molecule has 2 aliphatic rings. The Hall–Kier alpha value is -1.90. The molecule has 1 fully saturated rings.